The molecular formula is C18H20Cl2N2OS. The van der Waals surface area contributed by atoms with Gasteiger partial charge in [-0.05, 0) is 55.7 Å². The van der Waals surface area contributed by atoms with Gasteiger partial charge in [0.05, 0.1) is 6.10 Å². The summed E-state index contributed by atoms with van der Waals surface area (Å²) in [5.74, 6) is 0.615. The van der Waals surface area contributed by atoms with Gasteiger partial charge in [0.2, 0.25) is 0 Å². The molecule has 3 rings (SSSR count). The number of hydrogen-bond donors (Lipinski definition) is 0. The Kier molecular flexibility index (Phi) is 6.28. The third-order valence-corrected chi connectivity index (χ3v) is 5.86. The Morgan fingerprint density at radius 1 is 1.29 bits per heavy atom. The summed E-state index contributed by atoms with van der Waals surface area (Å²) in [6.07, 6.45) is 12.1. The van der Waals surface area contributed by atoms with Gasteiger partial charge in [-0.2, -0.15) is 0 Å². The third kappa shape index (κ3) is 4.57. The van der Waals surface area contributed by atoms with Crippen LogP contribution in [0.4, 0.5) is 0 Å². The van der Waals surface area contributed by atoms with Crippen LogP contribution in [-0.4, -0.2) is 15.1 Å². The van der Waals surface area contributed by atoms with Crippen molar-refractivity contribution in [1.82, 2.24) is 8.96 Å². The molecule has 1 aliphatic carbocycles. The zero-order chi connectivity index (χ0) is 16.9. The molecule has 1 aromatic heterocycles. The van der Waals surface area contributed by atoms with Crippen LogP contribution in [0.25, 0.3) is 0 Å². The second kappa shape index (κ2) is 8.43. The summed E-state index contributed by atoms with van der Waals surface area (Å²) in [7, 11) is 0. The van der Waals surface area contributed by atoms with E-state index in [0.29, 0.717) is 16.0 Å². The van der Waals surface area contributed by atoms with E-state index in [1.54, 1.807) is 30.5 Å². The standard InChI is InChI=1S/C18H20Cl2N2OS/c1-2-13-3-6-15(7-4-13)23-18(24-22-10-9-21-12-22)16-8-5-14(19)11-17(16)20/h2,5,8-13,15,18H,1,3-4,6-7H2. The van der Waals surface area contributed by atoms with E-state index >= 15 is 0 Å². The fourth-order valence-corrected chi connectivity index (χ4v) is 4.46. The summed E-state index contributed by atoms with van der Waals surface area (Å²) in [6, 6.07) is 5.55. The molecule has 0 saturated heterocycles. The van der Waals surface area contributed by atoms with Crippen LogP contribution >= 0.6 is 35.1 Å². The van der Waals surface area contributed by atoms with E-state index in [-0.39, 0.29) is 11.5 Å². The number of imidazole rings is 1. The Balaban J connectivity index is 1.76. The van der Waals surface area contributed by atoms with Gasteiger partial charge in [-0.25, -0.2) is 4.98 Å². The van der Waals surface area contributed by atoms with Crippen LogP contribution in [0.5, 0.6) is 0 Å². The Morgan fingerprint density at radius 3 is 2.71 bits per heavy atom. The predicted molar refractivity (Wildman–Crippen MR) is 101 cm³/mol. The summed E-state index contributed by atoms with van der Waals surface area (Å²) < 4.78 is 8.35. The maximum Gasteiger partial charge on any atom is 0.149 e. The summed E-state index contributed by atoms with van der Waals surface area (Å²) >= 11 is 14.0. The van der Waals surface area contributed by atoms with Crippen molar-refractivity contribution in [2.75, 3.05) is 0 Å². The number of benzene rings is 1. The molecule has 1 fully saturated rings. The van der Waals surface area contributed by atoms with E-state index in [1.807, 2.05) is 22.3 Å². The monoisotopic (exact) mass is 382 g/mol. The molecule has 1 aliphatic rings. The fourth-order valence-electron chi connectivity index (χ4n) is 2.90. The molecule has 1 saturated carbocycles. The van der Waals surface area contributed by atoms with Gasteiger partial charge in [0.25, 0.3) is 0 Å². The average Bonchev–Trinajstić information content (AvgIpc) is 3.08. The predicted octanol–water partition coefficient (Wildman–Crippen LogP) is 6.15. The Morgan fingerprint density at radius 2 is 2.08 bits per heavy atom. The quantitative estimate of drug-likeness (QED) is 0.442. The molecule has 3 nitrogen and oxygen atoms in total. The van der Waals surface area contributed by atoms with Crippen molar-refractivity contribution in [3.8, 4) is 0 Å². The first-order valence-electron chi connectivity index (χ1n) is 8.04. The van der Waals surface area contributed by atoms with Gasteiger partial charge in [0.15, 0.2) is 0 Å². The fraction of sp³-hybridized carbons (Fsp3) is 0.389. The lowest BCUT2D eigenvalue weighted by atomic mass is 9.87. The number of rotatable bonds is 6. The van der Waals surface area contributed by atoms with Crippen molar-refractivity contribution in [3.63, 3.8) is 0 Å². The molecule has 0 aliphatic heterocycles. The molecule has 0 N–H and O–H groups in total. The van der Waals surface area contributed by atoms with Crippen LogP contribution in [0.3, 0.4) is 0 Å². The SMILES string of the molecule is C=CC1CCC(OC(Sn2ccnc2)c2ccc(Cl)cc2Cl)CC1. The molecule has 1 heterocycles. The van der Waals surface area contributed by atoms with Gasteiger partial charge in [-0.3, -0.25) is 3.97 Å². The molecule has 6 heteroatoms. The molecule has 0 radical (unpaired) electrons. The van der Waals surface area contributed by atoms with Crippen LogP contribution in [0.15, 0.2) is 49.6 Å². The van der Waals surface area contributed by atoms with Gasteiger partial charge in [-0.15, -0.1) is 6.58 Å². The highest BCUT2D eigenvalue weighted by Gasteiger charge is 2.26. The number of hydrogen-bond acceptors (Lipinski definition) is 3. The lowest BCUT2D eigenvalue weighted by molar-refractivity contribution is 0.00573. The normalized spacial score (nSPS) is 22.2. The van der Waals surface area contributed by atoms with E-state index in [9.17, 15) is 0 Å². The highest BCUT2D eigenvalue weighted by molar-refractivity contribution is 7.97. The summed E-state index contributed by atoms with van der Waals surface area (Å²) in [4.78, 5) is 4.09. The van der Waals surface area contributed by atoms with Crippen LogP contribution in [0, 0.1) is 5.92 Å². The van der Waals surface area contributed by atoms with E-state index in [0.717, 1.165) is 31.2 Å². The minimum absolute atomic E-state index is 0.200. The van der Waals surface area contributed by atoms with Crippen molar-refractivity contribution in [3.05, 3.63) is 65.2 Å². The molecule has 0 spiro atoms. The van der Waals surface area contributed by atoms with Crippen LogP contribution in [-0.2, 0) is 4.74 Å². The van der Waals surface area contributed by atoms with Crippen molar-refractivity contribution >= 4 is 35.1 Å². The first-order valence-corrected chi connectivity index (χ1v) is 9.63. The van der Waals surface area contributed by atoms with E-state index in [2.05, 4.69) is 17.6 Å². The number of halogens is 2. The van der Waals surface area contributed by atoms with Crippen molar-refractivity contribution in [2.45, 2.75) is 37.2 Å². The van der Waals surface area contributed by atoms with Crippen LogP contribution < -0.4 is 0 Å². The van der Waals surface area contributed by atoms with Crippen LogP contribution in [0.2, 0.25) is 10.0 Å². The molecule has 2 aromatic rings. The molecule has 0 bridgehead atoms. The van der Waals surface area contributed by atoms with Gasteiger partial charge in [0, 0.05) is 28.0 Å². The highest BCUT2D eigenvalue weighted by atomic mass is 35.5. The maximum atomic E-state index is 6.42. The molecule has 24 heavy (non-hydrogen) atoms. The Bertz CT molecular complexity index is 670. The second-order valence-electron chi connectivity index (χ2n) is 5.93. The Labute approximate surface area is 157 Å². The van der Waals surface area contributed by atoms with Gasteiger partial charge in [-0.1, -0.05) is 35.3 Å². The van der Waals surface area contributed by atoms with E-state index in [4.69, 9.17) is 27.9 Å². The molecule has 1 aromatic carbocycles. The maximum absolute atomic E-state index is 6.42. The smallest absolute Gasteiger partial charge is 0.149 e. The first-order chi connectivity index (χ1) is 11.7. The number of ether oxygens (including phenoxy) is 1. The van der Waals surface area contributed by atoms with Crippen molar-refractivity contribution in [1.29, 1.82) is 0 Å². The first kappa shape index (κ1) is 17.9. The largest absolute Gasteiger partial charge is 0.358 e. The third-order valence-electron chi connectivity index (χ3n) is 4.28. The molecular weight excluding hydrogens is 363 g/mol. The molecule has 1 atom stereocenters. The topological polar surface area (TPSA) is 27.1 Å². The lowest BCUT2D eigenvalue weighted by Crippen LogP contribution is -2.22. The van der Waals surface area contributed by atoms with Gasteiger partial charge in [0.1, 0.15) is 11.8 Å². The Hall–Kier alpha value is -0.940. The molecule has 0 amide bonds. The summed E-state index contributed by atoms with van der Waals surface area (Å²) in [5.41, 5.74) is 0.736. The van der Waals surface area contributed by atoms with Gasteiger partial charge >= 0.3 is 0 Å². The van der Waals surface area contributed by atoms with Gasteiger partial charge < -0.3 is 4.74 Å². The van der Waals surface area contributed by atoms with Crippen molar-refractivity contribution < 1.29 is 4.74 Å². The van der Waals surface area contributed by atoms with Crippen molar-refractivity contribution in [2.24, 2.45) is 5.92 Å². The summed E-state index contributed by atoms with van der Waals surface area (Å²) in [6.45, 7) is 3.90. The minimum atomic E-state index is -0.200. The zero-order valence-electron chi connectivity index (χ0n) is 13.3. The second-order valence-corrected chi connectivity index (χ2v) is 7.84. The number of nitrogens with zero attached hydrogens (tertiary/aromatic N) is 2. The highest BCUT2D eigenvalue weighted by Crippen LogP contribution is 2.40. The van der Waals surface area contributed by atoms with Crippen LogP contribution in [0.1, 0.15) is 36.7 Å². The summed E-state index contributed by atoms with van der Waals surface area (Å²) in [5, 5.41) is 1.25. The molecule has 128 valence electrons. The zero-order valence-corrected chi connectivity index (χ0v) is 15.6. The average molecular weight is 383 g/mol. The molecule has 1 unspecified atom stereocenters. The number of aromatic nitrogens is 2. The lowest BCUT2D eigenvalue weighted by Gasteiger charge is -2.30. The van der Waals surface area contributed by atoms with E-state index < -0.39 is 0 Å². The number of allylic oxidation sites excluding steroid dienone is 1. The van der Waals surface area contributed by atoms with E-state index in [1.165, 1.54) is 0 Å². The minimum Gasteiger partial charge on any atom is -0.358 e.